The van der Waals surface area contributed by atoms with E-state index in [1.165, 1.54) is 19.4 Å². The zero-order chi connectivity index (χ0) is 13.2. The molecule has 1 aliphatic carbocycles. The number of piperazine rings is 1. The van der Waals surface area contributed by atoms with E-state index in [-0.39, 0.29) is 11.7 Å². The van der Waals surface area contributed by atoms with Crippen LogP contribution < -0.4 is 4.90 Å². The average molecular weight is 284 g/mol. The van der Waals surface area contributed by atoms with E-state index in [0.717, 1.165) is 32.1 Å². The van der Waals surface area contributed by atoms with Crippen molar-refractivity contribution in [1.82, 2.24) is 9.88 Å². The molecular weight excluding hydrogens is 265 g/mol. The van der Waals surface area contributed by atoms with Gasteiger partial charge in [-0.25, -0.2) is 9.37 Å². The summed E-state index contributed by atoms with van der Waals surface area (Å²) in [5.41, 5.74) is 0.534. The Kier molecular flexibility index (Phi) is 3.89. The van der Waals surface area contributed by atoms with Crippen molar-refractivity contribution in [2.45, 2.75) is 18.7 Å². The van der Waals surface area contributed by atoms with Crippen LogP contribution in [0.3, 0.4) is 0 Å². The van der Waals surface area contributed by atoms with Crippen LogP contribution >= 0.6 is 11.6 Å². The van der Waals surface area contributed by atoms with Crippen molar-refractivity contribution in [2.24, 2.45) is 5.92 Å². The second-order valence-electron chi connectivity index (χ2n) is 5.47. The highest BCUT2D eigenvalue weighted by molar-refractivity contribution is 6.17. The average Bonchev–Trinajstić information content (AvgIpc) is 3.24. The molecule has 0 radical (unpaired) electrons. The van der Waals surface area contributed by atoms with E-state index in [2.05, 4.69) is 9.88 Å². The lowest BCUT2D eigenvalue weighted by atomic mass is 10.2. The molecule has 3 nitrogen and oxygen atoms in total. The van der Waals surface area contributed by atoms with Crippen LogP contribution in [0, 0.1) is 11.7 Å². The Morgan fingerprint density at radius 1 is 1.26 bits per heavy atom. The summed E-state index contributed by atoms with van der Waals surface area (Å²) in [6.45, 7) is 4.92. The van der Waals surface area contributed by atoms with Crippen LogP contribution in [0.4, 0.5) is 10.2 Å². The molecule has 5 heteroatoms. The van der Waals surface area contributed by atoms with Crippen molar-refractivity contribution in [3.05, 3.63) is 23.6 Å². The van der Waals surface area contributed by atoms with Crippen molar-refractivity contribution in [3.63, 3.8) is 0 Å². The molecule has 1 aromatic rings. The summed E-state index contributed by atoms with van der Waals surface area (Å²) >= 11 is 5.74. The third kappa shape index (κ3) is 3.00. The smallest absolute Gasteiger partial charge is 0.170 e. The van der Waals surface area contributed by atoms with Gasteiger partial charge in [-0.05, 0) is 24.8 Å². The van der Waals surface area contributed by atoms with Crippen molar-refractivity contribution < 1.29 is 4.39 Å². The molecule has 3 rings (SSSR count). The van der Waals surface area contributed by atoms with E-state index in [9.17, 15) is 4.39 Å². The summed E-state index contributed by atoms with van der Waals surface area (Å²) in [4.78, 5) is 8.70. The summed E-state index contributed by atoms with van der Waals surface area (Å²) < 4.78 is 14.2. The van der Waals surface area contributed by atoms with E-state index in [1.54, 1.807) is 12.3 Å². The van der Waals surface area contributed by atoms with Crippen LogP contribution in [-0.4, -0.2) is 42.6 Å². The minimum absolute atomic E-state index is 0.197. The largest absolute Gasteiger partial charge is 0.352 e. The first-order chi connectivity index (χ1) is 9.28. The molecule has 0 amide bonds. The molecule has 0 aromatic carbocycles. The lowest BCUT2D eigenvalue weighted by Gasteiger charge is -2.35. The molecule has 0 atom stereocenters. The number of hydrogen-bond acceptors (Lipinski definition) is 3. The van der Waals surface area contributed by atoms with Gasteiger partial charge >= 0.3 is 0 Å². The molecule has 2 fully saturated rings. The fraction of sp³-hybridized carbons (Fsp3) is 0.643. The maximum Gasteiger partial charge on any atom is 0.170 e. The van der Waals surface area contributed by atoms with Gasteiger partial charge in [0.25, 0.3) is 0 Å². The normalized spacial score (nSPS) is 20.8. The van der Waals surface area contributed by atoms with Crippen molar-refractivity contribution in [1.29, 1.82) is 0 Å². The minimum Gasteiger partial charge on any atom is -0.352 e. The molecule has 0 spiro atoms. The van der Waals surface area contributed by atoms with E-state index < -0.39 is 0 Å². The monoisotopic (exact) mass is 283 g/mol. The van der Waals surface area contributed by atoms with Gasteiger partial charge in [0.15, 0.2) is 11.6 Å². The number of hydrogen-bond donors (Lipinski definition) is 0. The highest BCUT2D eigenvalue weighted by Gasteiger charge is 2.27. The molecule has 19 heavy (non-hydrogen) atoms. The summed E-state index contributed by atoms with van der Waals surface area (Å²) in [6, 6.07) is 1.65. The highest BCUT2D eigenvalue weighted by Crippen LogP contribution is 2.30. The Bertz CT molecular complexity index is 442. The molecule has 1 aromatic heterocycles. The van der Waals surface area contributed by atoms with Crippen LogP contribution in [0.2, 0.25) is 0 Å². The summed E-state index contributed by atoms with van der Waals surface area (Å²) in [6.07, 6.45) is 4.41. The quantitative estimate of drug-likeness (QED) is 0.792. The molecule has 1 saturated heterocycles. The van der Waals surface area contributed by atoms with E-state index >= 15 is 0 Å². The second kappa shape index (κ2) is 5.63. The van der Waals surface area contributed by atoms with Gasteiger partial charge in [-0.1, -0.05) is 0 Å². The fourth-order valence-corrected chi connectivity index (χ4v) is 2.81. The maximum absolute atomic E-state index is 14.2. The van der Waals surface area contributed by atoms with Crippen molar-refractivity contribution in [3.8, 4) is 0 Å². The van der Waals surface area contributed by atoms with Crippen LogP contribution in [0.15, 0.2) is 12.3 Å². The van der Waals surface area contributed by atoms with Gasteiger partial charge in [-0.15, -0.1) is 11.6 Å². The van der Waals surface area contributed by atoms with Gasteiger partial charge < -0.3 is 4.90 Å². The van der Waals surface area contributed by atoms with Crippen molar-refractivity contribution in [2.75, 3.05) is 37.6 Å². The first kappa shape index (κ1) is 13.1. The molecule has 2 heterocycles. The fourth-order valence-electron chi connectivity index (χ4n) is 2.60. The second-order valence-corrected chi connectivity index (χ2v) is 5.74. The molecule has 1 saturated carbocycles. The zero-order valence-corrected chi connectivity index (χ0v) is 11.7. The molecule has 0 N–H and O–H groups in total. The Labute approximate surface area is 118 Å². The molecular formula is C14H19ClFN3. The Morgan fingerprint density at radius 2 is 2.00 bits per heavy atom. The molecule has 0 unspecified atom stereocenters. The van der Waals surface area contributed by atoms with Crippen LogP contribution in [-0.2, 0) is 5.88 Å². The Balaban J connectivity index is 1.64. The van der Waals surface area contributed by atoms with Gasteiger partial charge in [-0.3, -0.25) is 4.90 Å². The third-order valence-electron chi connectivity index (χ3n) is 3.98. The molecule has 104 valence electrons. The van der Waals surface area contributed by atoms with Gasteiger partial charge in [0.05, 0.1) is 5.88 Å². The van der Waals surface area contributed by atoms with E-state index in [4.69, 9.17) is 11.6 Å². The summed E-state index contributed by atoms with van der Waals surface area (Å²) in [7, 11) is 0. The first-order valence-corrected chi connectivity index (χ1v) is 7.48. The topological polar surface area (TPSA) is 19.4 Å². The number of anilines is 1. The number of aromatic nitrogens is 1. The Morgan fingerprint density at radius 3 is 2.63 bits per heavy atom. The van der Waals surface area contributed by atoms with Gasteiger partial charge in [-0.2, -0.15) is 0 Å². The lowest BCUT2D eigenvalue weighted by Crippen LogP contribution is -2.47. The number of nitrogens with zero attached hydrogens (tertiary/aromatic N) is 3. The van der Waals surface area contributed by atoms with Crippen LogP contribution in [0.5, 0.6) is 0 Å². The summed E-state index contributed by atoms with van der Waals surface area (Å²) in [5, 5.41) is 0. The Hall–Kier alpha value is -0.870. The van der Waals surface area contributed by atoms with E-state index in [1.807, 2.05) is 4.90 Å². The van der Waals surface area contributed by atoms with Crippen LogP contribution in [0.25, 0.3) is 0 Å². The number of alkyl halides is 1. The molecule has 1 aliphatic heterocycles. The van der Waals surface area contributed by atoms with Gasteiger partial charge in [0.1, 0.15) is 0 Å². The van der Waals surface area contributed by atoms with Gasteiger partial charge in [0, 0.05) is 44.5 Å². The number of pyridine rings is 1. The van der Waals surface area contributed by atoms with E-state index in [0.29, 0.717) is 11.4 Å². The number of rotatable bonds is 4. The molecule has 0 bridgehead atoms. The van der Waals surface area contributed by atoms with Gasteiger partial charge in [0.2, 0.25) is 0 Å². The molecule has 2 aliphatic rings. The van der Waals surface area contributed by atoms with Crippen molar-refractivity contribution >= 4 is 17.4 Å². The third-order valence-corrected chi connectivity index (χ3v) is 4.27. The predicted octanol–water partition coefficient (Wildman–Crippen LogP) is 2.49. The number of halogens is 2. The highest BCUT2D eigenvalue weighted by atomic mass is 35.5. The first-order valence-electron chi connectivity index (χ1n) is 6.94. The standard InChI is InChI=1S/C14H19ClFN3/c15-9-12-3-4-17-14(13(12)16)19-7-5-18(6-8-19)10-11-1-2-11/h3-4,11H,1-2,5-10H2. The SMILES string of the molecule is Fc1c(CCl)ccnc1N1CCN(CC2CC2)CC1. The maximum atomic E-state index is 14.2. The lowest BCUT2D eigenvalue weighted by molar-refractivity contribution is 0.247. The predicted molar refractivity (Wildman–Crippen MR) is 75.1 cm³/mol. The van der Waals surface area contributed by atoms with Crippen LogP contribution in [0.1, 0.15) is 18.4 Å². The zero-order valence-electron chi connectivity index (χ0n) is 11.0. The minimum atomic E-state index is -0.256. The summed E-state index contributed by atoms with van der Waals surface area (Å²) in [5.74, 6) is 1.32.